The van der Waals surface area contributed by atoms with E-state index in [4.69, 9.17) is 10.00 Å². The maximum absolute atomic E-state index is 12.7. The molecule has 3 saturated carbocycles. The molecule has 0 aromatic carbocycles. The molecule has 0 aromatic rings. The zero-order chi connectivity index (χ0) is 19.1. The van der Waals surface area contributed by atoms with Crippen LogP contribution in [0.3, 0.4) is 0 Å². The molecule has 4 unspecified atom stereocenters. The maximum atomic E-state index is 12.7. The van der Waals surface area contributed by atoms with Crippen molar-refractivity contribution >= 4 is 5.97 Å². The van der Waals surface area contributed by atoms with E-state index in [0.29, 0.717) is 0 Å². The highest BCUT2D eigenvalue weighted by Gasteiger charge is 2.38. The third-order valence-electron chi connectivity index (χ3n) is 7.66. The Kier molecular flexibility index (Phi) is 8.04. The van der Waals surface area contributed by atoms with Crippen molar-refractivity contribution in [3.8, 4) is 6.07 Å². The molecule has 0 aliphatic heterocycles. The molecule has 0 heterocycles. The van der Waals surface area contributed by atoms with Gasteiger partial charge in [-0.15, -0.1) is 0 Å². The van der Waals surface area contributed by atoms with Crippen LogP contribution in [0.1, 0.15) is 103 Å². The van der Waals surface area contributed by atoms with Gasteiger partial charge >= 0.3 is 5.97 Å². The Labute approximate surface area is 166 Å². The first-order valence-corrected chi connectivity index (χ1v) is 11.8. The van der Waals surface area contributed by atoms with Crippen LogP contribution in [0.5, 0.6) is 0 Å². The summed E-state index contributed by atoms with van der Waals surface area (Å²) in [6, 6.07) is 2.35. The second-order valence-corrected chi connectivity index (χ2v) is 9.60. The highest BCUT2D eigenvalue weighted by atomic mass is 16.5. The Morgan fingerprint density at radius 3 is 2.41 bits per heavy atom. The van der Waals surface area contributed by atoms with Crippen LogP contribution in [0.15, 0.2) is 0 Å². The summed E-state index contributed by atoms with van der Waals surface area (Å²) >= 11 is 0. The number of ether oxygens (including phenoxy) is 1. The van der Waals surface area contributed by atoms with Crippen LogP contribution in [-0.4, -0.2) is 12.1 Å². The SMILES string of the molecule is CCCCCCC1CCC2CC(C(=O)OC3CCC(C#N)CC3)CCC2C1. The number of rotatable bonds is 7. The van der Waals surface area contributed by atoms with Crippen LogP contribution in [0, 0.1) is 40.9 Å². The van der Waals surface area contributed by atoms with E-state index in [9.17, 15) is 4.79 Å². The minimum absolute atomic E-state index is 0.0653. The Balaban J connectivity index is 1.38. The van der Waals surface area contributed by atoms with E-state index in [1.165, 1.54) is 57.8 Å². The van der Waals surface area contributed by atoms with Gasteiger partial charge in [0.05, 0.1) is 12.0 Å². The van der Waals surface area contributed by atoms with Crippen molar-refractivity contribution in [2.24, 2.45) is 29.6 Å². The molecule has 0 bridgehead atoms. The summed E-state index contributed by atoms with van der Waals surface area (Å²) in [7, 11) is 0. The molecule has 0 N–H and O–H groups in total. The molecular formula is C24H39NO2. The van der Waals surface area contributed by atoms with E-state index in [2.05, 4.69) is 13.0 Å². The standard InChI is InChI=1S/C24H39NO2/c1-2-3-4-5-6-18-7-10-21-16-22(12-11-20(21)15-18)24(26)27-23-13-8-19(17-25)9-14-23/h18-23H,2-16H2,1H3. The Hall–Kier alpha value is -1.04. The van der Waals surface area contributed by atoms with Gasteiger partial charge in [-0.25, -0.2) is 0 Å². The van der Waals surface area contributed by atoms with Crippen molar-refractivity contribution in [3.63, 3.8) is 0 Å². The van der Waals surface area contributed by atoms with Gasteiger partial charge in [-0.2, -0.15) is 5.26 Å². The first-order chi connectivity index (χ1) is 13.2. The molecule has 3 heteroatoms. The number of hydrogen-bond acceptors (Lipinski definition) is 3. The Morgan fingerprint density at radius 1 is 0.926 bits per heavy atom. The van der Waals surface area contributed by atoms with Crippen LogP contribution >= 0.6 is 0 Å². The number of carbonyl (C=O) groups is 1. The van der Waals surface area contributed by atoms with Gasteiger partial charge in [-0.3, -0.25) is 4.79 Å². The van der Waals surface area contributed by atoms with Gasteiger partial charge in [0.15, 0.2) is 0 Å². The van der Waals surface area contributed by atoms with Crippen molar-refractivity contribution in [2.45, 2.75) is 109 Å². The van der Waals surface area contributed by atoms with Crippen LogP contribution in [0.2, 0.25) is 0 Å². The topological polar surface area (TPSA) is 50.1 Å². The van der Waals surface area contributed by atoms with Crippen molar-refractivity contribution < 1.29 is 9.53 Å². The summed E-state index contributed by atoms with van der Waals surface area (Å²) in [6.07, 6.45) is 18.0. The Bertz CT molecular complexity index is 503. The molecule has 0 amide bonds. The van der Waals surface area contributed by atoms with E-state index in [-0.39, 0.29) is 23.9 Å². The van der Waals surface area contributed by atoms with E-state index < -0.39 is 0 Å². The van der Waals surface area contributed by atoms with Crippen LogP contribution in [0.25, 0.3) is 0 Å². The molecule has 3 nitrogen and oxygen atoms in total. The summed E-state index contributed by atoms with van der Waals surface area (Å²) in [4.78, 5) is 12.7. The molecular weight excluding hydrogens is 334 g/mol. The summed E-state index contributed by atoms with van der Waals surface area (Å²) in [5, 5.41) is 9.01. The summed E-state index contributed by atoms with van der Waals surface area (Å²) in [6.45, 7) is 2.28. The number of nitriles is 1. The first-order valence-electron chi connectivity index (χ1n) is 11.8. The lowest BCUT2D eigenvalue weighted by atomic mass is 9.64. The lowest BCUT2D eigenvalue weighted by molar-refractivity contribution is -0.158. The molecule has 0 aromatic heterocycles. The molecule has 3 fully saturated rings. The second kappa shape index (κ2) is 10.5. The zero-order valence-electron chi connectivity index (χ0n) is 17.3. The van der Waals surface area contributed by atoms with Crippen molar-refractivity contribution in [1.82, 2.24) is 0 Å². The first kappa shape index (κ1) is 20.7. The lowest BCUT2D eigenvalue weighted by Gasteiger charge is -2.42. The molecule has 0 saturated heterocycles. The lowest BCUT2D eigenvalue weighted by Crippen LogP contribution is -2.36. The predicted octanol–water partition coefficient (Wildman–Crippen LogP) is 6.41. The average molecular weight is 374 g/mol. The smallest absolute Gasteiger partial charge is 0.309 e. The van der Waals surface area contributed by atoms with E-state index in [1.54, 1.807) is 0 Å². The molecule has 4 atom stereocenters. The number of fused-ring (bicyclic) bond motifs is 1. The number of unbranched alkanes of at least 4 members (excludes halogenated alkanes) is 3. The minimum atomic E-state index is 0.0653. The number of esters is 1. The molecule has 3 rings (SSSR count). The largest absolute Gasteiger partial charge is 0.462 e. The van der Waals surface area contributed by atoms with Gasteiger partial charge in [0.25, 0.3) is 0 Å². The van der Waals surface area contributed by atoms with E-state index in [1.807, 2.05) is 0 Å². The van der Waals surface area contributed by atoms with Gasteiger partial charge < -0.3 is 4.74 Å². The van der Waals surface area contributed by atoms with E-state index in [0.717, 1.165) is 56.3 Å². The fourth-order valence-corrected chi connectivity index (χ4v) is 5.89. The van der Waals surface area contributed by atoms with Crippen molar-refractivity contribution in [3.05, 3.63) is 0 Å². The van der Waals surface area contributed by atoms with E-state index >= 15 is 0 Å². The minimum Gasteiger partial charge on any atom is -0.462 e. The molecule has 3 aliphatic carbocycles. The van der Waals surface area contributed by atoms with Gasteiger partial charge in [-0.05, 0) is 75.5 Å². The second-order valence-electron chi connectivity index (χ2n) is 9.60. The fourth-order valence-electron chi connectivity index (χ4n) is 5.89. The summed E-state index contributed by atoms with van der Waals surface area (Å²) in [5.74, 6) is 2.95. The summed E-state index contributed by atoms with van der Waals surface area (Å²) < 4.78 is 5.85. The van der Waals surface area contributed by atoms with Crippen LogP contribution in [-0.2, 0) is 9.53 Å². The van der Waals surface area contributed by atoms with Gasteiger partial charge in [-0.1, -0.05) is 45.4 Å². The predicted molar refractivity (Wildman–Crippen MR) is 108 cm³/mol. The third kappa shape index (κ3) is 5.97. The highest BCUT2D eigenvalue weighted by Crippen LogP contribution is 2.46. The van der Waals surface area contributed by atoms with Gasteiger partial charge in [0.2, 0.25) is 0 Å². The van der Waals surface area contributed by atoms with Gasteiger partial charge in [0.1, 0.15) is 6.10 Å². The maximum Gasteiger partial charge on any atom is 0.309 e. The highest BCUT2D eigenvalue weighted by molar-refractivity contribution is 5.72. The molecule has 0 spiro atoms. The van der Waals surface area contributed by atoms with Crippen molar-refractivity contribution in [2.75, 3.05) is 0 Å². The molecule has 152 valence electrons. The summed E-state index contributed by atoms with van der Waals surface area (Å²) in [5.41, 5.74) is 0. The number of carbonyl (C=O) groups excluding carboxylic acids is 1. The number of hydrogen-bond donors (Lipinski definition) is 0. The normalized spacial score (nSPS) is 36.4. The van der Waals surface area contributed by atoms with Gasteiger partial charge in [0, 0.05) is 5.92 Å². The number of nitrogens with zero attached hydrogens (tertiary/aromatic N) is 1. The average Bonchev–Trinajstić information content (AvgIpc) is 2.71. The zero-order valence-corrected chi connectivity index (χ0v) is 17.3. The Morgan fingerprint density at radius 2 is 1.67 bits per heavy atom. The molecule has 0 radical (unpaired) electrons. The third-order valence-corrected chi connectivity index (χ3v) is 7.66. The van der Waals surface area contributed by atoms with Crippen LogP contribution in [0.4, 0.5) is 0 Å². The van der Waals surface area contributed by atoms with Crippen LogP contribution < -0.4 is 0 Å². The quantitative estimate of drug-likeness (QED) is 0.382. The molecule has 27 heavy (non-hydrogen) atoms. The van der Waals surface area contributed by atoms with Crippen molar-refractivity contribution in [1.29, 1.82) is 5.26 Å². The molecule has 3 aliphatic rings. The fraction of sp³-hybridized carbons (Fsp3) is 0.917. The monoisotopic (exact) mass is 373 g/mol.